The third-order valence-electron chi connectivity index (χ3n) is 4.22. The van der Waals surface area contributed by atoms with Crippen LogP contribution in [0.5, 0.6) is 0 Å². The number of amides is 1. The quantitative estimate of drug-likeness (QED) is 0.896. The van der Waals surface area contributed by atoms with Gasteiger partial charge in [0, 0.05) is 24.8 Å². The molecule has 1 fully saturated rings. The molecule has 1 aromatic rings. The number of nitrogens with two attached hydrogens (primary N) is 2. The molecule has 1 aliphatic heterocycles. The Kier molecular flexibility index (Phi) is 4.89. The zero-order valence-corrected chi connectivity index (χ0v) is 12.6. The van der Waals surface area contributed by atoms with Gasteiger partial charge in [-0.2, -0.15) is 0 Å². The molecule has 0 bridgehead atoms. The molecule has 4 N–H and O–H groups in total. The van der Waals surface area contributed by atoms with Crippen LogP contribution < -0.4 is 16.4 Å². The van der Waals surface area contributed by atoms with Gasteiger partial charge in [0.05, 0.1) is 10.6 Å². The summed E-state index contributed by atoms with van der Waals surface area (Å²) in [6.07, 6.45) is 3.48. The van der Waals surface area contributed by atoms with Crippen molar-refractivity contribution in [2.75, 3.05) is 18.0 Å². The molecule has 0 radical (unpaired) electrons. The molecule has 1 saturated heterocycles. The summed E-state index contributed by atoms with van der Waals surface area (Å²) in [6, 6.07) is 5.75. The second-order valence-electron chi connectivity index (χ2n) is 5.41. The highest BCUT2D eigenvalue weighted by atomic mass is 35.5. The van der Waals surface area contributed by atoms with E-state index in [2.05, 4.69) is 11.8 Å². The van der Waals surface area contributed by atoms with Gasteiger partial charge in [0.2, 0.25) is 5.91 Å². The van der Waals surface area contributed by atoms with E-state index in [9.17, 15) is 4.79 Å². The molecule has 1 amide bonds. The van der Waals surface area contributed by atoms with Gasteiger partial charge in [0.15, 0.2) is 0 Å². The Hall–Kier alpha value is -1.26. The van der Waals surface area contributed by atoms with Crippen LogP contribution in [0.3, 0.4) is 0 Å². The minimum Gasteiger partial charge on any atom is -0.367 e. The second-order valence-corrected chi connectivity index (χ2v) is 5.82. The van der Waals surface area contributed by atoms with Crippen LogP contribution in [0.15, 0.2) is 18.2 Å². The van der Waals surface area contributed by atoms with Crippen LogP contribution in [0.1, 0.15) is 36.5 Å². The van der Waals surface area contributed by atoms with E-state index in [1.807, 2.05) is 12.1 Å². The van der Waals surface area contributed by atoms with Crippen molar-refractivity contribution in [3.8, 4) is 0 Å². The molecule has 1 heterocycles. The fourth-order valence-electron chi connectivity index (χ4n) is 2.95. The number of anilines is 1. The highest BCUT2D eigenvalue weighted by molar-refractivity contribution is 6.34. The first-order chi connectivity index (χ1) is 9.56. The molecule has 5 heteroatoms. The molecule has 2 atom stereocenters. The molecule has 2 unspecified atom stereocenters. The van der Waals surface area contributed by atoms with Crippen molar-refractivity contribution in [3.63, 3.8) is 0 Å². The Bertz CT molecular complexity index is 492. The van der Waals surface area contributed by atoms with Gasteiger partial charge >= 0.3 is 0 Å². The highest BCUT2D eigenvalue weighted by Gasteiger charge is 2.27. The third-order valence-corrected chi connectivity index (χ3v) is 4.54. The molecule has 1 aliphatic rings. The number of hydrogen-bond acceptors (Lipinski definition) is 3. The Morgan fingerprint density at radius 1 is 1.50 bits per heavy atom. The smallest absolute Gasteiger partial charge is 0.250 e. The maximum absolute atomic E-state index is 11.2. The van der Waals surface area contributed by atoms with Crippen LogP contribution in [0.25, 0.3) is 0 Å². The number of halogens is 1. The average molecular weight is 296 g/mol. The van der Waals surface area contributed by atoms with Gasteiger partial charge in [-0.15, -0.1) is 0 Å². The second kappa shape index (κ2) is 6.46. The third kappa shape index (κ3) is 3.07. The Balaban J connectivity index is 2.22. The number of piperidine rings is 1. The minimum atomic E-state index is -0.499. The first-order valence-corrected chi connectivity index (χ1v) is 7.50. The normalized spacial score (nSPS) is 22.9. The molecule has 110 valence electrons. The van der Waals surface area contributed by atoms with E-state index in [-0.39, 0.29) is 0 Å². The number of nitrogens with zero attached hydrogens (tertiary/aromatic N) is 1. The summed E-state index contributed by atoms with van der Waals surface area (Å²) in [5.41, 5.74) is 12.6. The molecule has 0 aromatic heterocycles. The minimum absolute atomic E-state index is 0.337. The number of hydrogen-bond donors (Lipinski definition) is 2. The lowest BCUT2D eigenvalue weighted by atomic mass is 9.88. The van der Waals surface area contributed by atoms with Crippen molar-refractivity contribution < 1.29 is 4.79 Å². The van der Waals surface area contributed by atoms with Crippen LogP contribution in [-0.2, 0) is 0 Å². The summed E-state index contributed by atoms with van der Waals surface area (Å²) in [6.45, 7) is 3.84. The van der Waals surface area contributed by atoms with E-state index in [1.54, 1.807) is 6.07 Å². The van der Waals surface area contributed by atoms with Crippen molar-refractivity contribution in [1.29, 1.82) is 0 Å². The number of primary amides is 1. The largest absolute Gasteiger partial charge is 0.367 e. The zero-order chi connectivity index (χ0) is 14.7. The van der Waals surface area contributed by atoms with Gasteiger partial charge in [-0.25, -0.2) is 0 Å². The van der Waals surface area contributed by atoms with Gasteiger partial charge in [0.1, 0.15) is 0 Å². The number of rotatable bonds is 4. The zero-order valence-electron chi connectivity index (χ0n) is 11.8. The first-order valence-electron chi connectivity index (χ1n) is 7.12. The van der Waals surface area contributed by atoms with Crippen LogP contribution in [-0.4, -0.2) is 25.0 Å². The summed E-state index contributed by atoms with van der Waals surface area (Å²) >= 11 is 6.13. The van der Waals surface area contributed by atoms with Crippen LogP contribution in [0, 0.1) is 5.92 Å². The van der Waals surface area contributed by atoms with Gasteiger partial charge in [-0.3, -0.25) is 4.79 Å². The summed E-state index contributed by atoms with van der Waals surface area (Å²) in [5.74, 6) is 0.252. The number of carbonyl (C=O) groups is 1. The molecule has 4 nitrogen and oxygen atoms in total. The summed E-state index contributed by atoms with van der Waals surface area (Å²) in [5, 5.41) is 0.406. The van der Waals surface area contributed by atoms with E-state index in [1.165, 1.54) is 12.8 Å². The standard InChI is InChI=1S/C15H22ClN3O/c1-2-10-5-6-19(12(7-10)9-17)11-3-4-13(15(18)20)14(16)8-11/h3-4,8,10,12H,2,5-7,9,17H2,1H3,(H2,18,20). The monoisotopic (exact) mass is 295 g/mol. The van der Waals surface area contributed by atoms with Crippen molar-refractivity contribution in [3.05, 3.63) is 28.8 Å². The van der Waals surface area contributed by atoms with Crippen LogP contribution in [0.4, 0.5) is 5.69 Å². The fraction of sp³-hybridized carbons (Fsp3) is 0.533. The maximum Gasteiger partial charge on any atom is 0.250 e. The topological polar surface area (TPSA) is 72.3 Å². The van der Waals surface area contributed by atoms with Crippen molar-refractivity contribution in [1.82, 2.24) is 0 Å². The molecule has 2 rings (SSSR count). The Morgan fingerprint density at radius 3 is 2.80 bits per heavy atom. The van der Waals surface area contributed by atoms with Gasteiger partial charge in [-0.1, -0.05) is 24.9 Å². The van der Waals surface area contributed by atoms with Crippen LogP contribution in [0.2, 0.25) is 5.02 Å². The molecule has 0 aliphatic carbocycles. The molecule has 1 aromatic carbocycles. The van der Waals surface area contributed by atoms with E-state index < -0.39 is 5.91 Å². The molecule has 0 spiro atoms. The Morgan fingerprint density at radius 2 is 2.25 bits per heavy atom. The van der Waals surface area contributed by atoms with E-state index in [0.29, 0.717) is 23.2 Å². The van der Waals surface area contributed by atoms with Gasteiger partial charge in [0.25, 0.3) is 0 Å². The predicted octanol–water partition coefficient (Wildman–Crippen LogP) is 2.39. The van der Waals surface area contributed by atoms with Crippen molar-refractivity contribution in [2.45, 2.75) is 32.2 Å². The lowest BCUT2D eigenvalue weighted by Crippen LogP contribution is -2.46. The maximum atomic E-state index is 11.2. The lowest BCUT2D eigenvalue weighted by Gasteiger charge is -2.40. The molecular weight excluding hydrogens is 274 g/mol. The van der Waals surface area contributed by atoms with Crippen molar-refractivity contribution in [2.24, 2.45) is 17.4 Å². The van der Waals surface area contributed by atoms with Gasteiger partial charge in [-0.05, 0) is 37.0 Å². The number of benzene rings is 1. The predicted molar refractivity (Wildman–Crippen MR) is 83.2 cm³/mol. The lowest BCUT2D eigenvalue weighted by molar-refractivity contribution is 0.100. The Labute approximate surface area is 125 Å². The van der Waals surface area contributed by atoms with Gasteiger partial charge < -0.3 is 16.4 Å². The summed E-state index contributed by atoms with van der Waals surface area (Å²) in [4.78, 5) is 13.5. The summed E-state index contributed by atoms with van der Waals surface area (Å²) in [7, 11) is 0. The average Bonchev–Trinajstić information content (AvgIpc) is 2.46. The van der Waals surface area contributed by atoms with Crippen LogP contribution >= 0.6 is 11.6 Å². The van der Waals surface area contributed by atoms with Crippen molar-refractivity contribution >= 4 is 23.2 Å². The highest BCUT2D eigenvalue weighted by Crippen LogP contribution is 2.31. The van der Waals surface area contributed by atoms with E-state index in [4.69, 9.17) is 23.1 Å². The summed E-state index contributed by atoms with van der Waals surface area (Å²) < 4.78 is 0. The van der Waals surface area contributed by atoms with E-state index >= 15 is 0 Å². The molecule has 0 saturated carbocycles. The first kappa shape index (κ1) is 15.1. The SMILES string of the molecule is CCC1CCN(c2ccc(C(N)=O)c(Cl)c2)C(CN)C1. The number of carbonyl (C=O) groups excluding carboxylic acids is 1. The van der Waals surface area contributed by atoms with E-state index in [0.717, 1.165) is 24.6 Å². The molecular formula is C15H22ClN3O. The molecule has 20 heavy (non-hydrogen) atoms. The fourth-order valence-corrected chi connectivity index (χ4v) is 3.22.